The first-order valence-electron chi connectivity index (χ1n) is 9.71. The summed E-state index contributed by atoms with van der Waals surface area (Å²) >= 11 is 0. The van der Waals surface area contributed by atoms with Crippen LogP contribution in [0.4, 0.5) is 11.4 Å². The zero-order chi connectivity index (χ0) is 24.2. The van der Waals surface area contributed by atoms with E-state index in [4.69, 9.17) is 5.26 Å². The molecule has 0 fully saturated rings. The fourth-order valence-electron chi connectivity index (χ4n) is 2.91. The minimum Gasteiger partial charge on any atom is -0.383 e. The van der Waals surface area contributed by atoms with E-state index in [0.29, 0.717) is 29.7 Å². The van der Waals surface area contributed by atoms with Crippen molar-refractivity contribution in [3.05, 3.63) is 64.0 Å². The van der Waals surface area contributed by atoms with Crippen LogP contribution in [0.15, 0.2) is 52.7 Å². The van der Waals surface area contributed by atoms with Gasteiger partial charge in [-0.3, -0.25) is 10.1 Å². The second-order valence-corrected chi connectivity index (χ2v) is 9.23. The molecule has 0 saturated carbocycles. The van der Waals surface area contributed by atoms with Crippen LogP contribution >= 0.6 is 0 Å². The number of hydrogen-bond donors (Lipinski definition) is 1. The van der Waals surface area contributed by atoms with Gasteiger partial charge in [0.15, 0.2) is 0 Å². The third kappa shape index (κ3) is 5.25. The summed E-state index contributed by atoms with van der Waals surface area (Å²) in [5.41, 5.74) is 1.38. The smallest absolute Gasteiger partial charge is 0.281 e. The van der Waals surface area contributed by atoms with Gasteiger partial charge in [0, 0.05) is 44.0 Å². The van der Waals surface area contributed by atoms with E-state index in [1.165, 1.54) is 36.1 Å². The number of fused-ring (bicyclic) bond motifs is 1. The van der Waals surface area contributed by atoms with Crippen LogP contribution in [0.3, 0.4) is 0 Å². The number of nitro groups is 1. The maximum atomic E-state index is 13.2. The number of nitrogens with zero attached hydrogens (tertiary/aromatic N) is 7. The van der Waals surface area contributed by atoms with E-state index in [9.17, 15) is 18.5 Å². The van der Waals surface area contributed by atoms with Crippen molar-refractivity contribution in [1.29, 1.82) is 5.26 Å². The van der Waals surface area contributed by atoms with Crippen molar-refractivity contribution in [2.75, 3.05) is 39.5 Å². The van der Waals surface area contributed by atoms with Crippen LogP contribution in [0.1, 0.15) is 11.1 Å². The van der Waals surface area contributed by atoms with Crippen LogP contribution < -0.4 is 5.32 Å². The Labute approximate surface area is 190 Å². The second-order valence-electron chi connectivity index (χ2n) is 7.31. The van der Waals surface area contributed by atoms with Gasteiger partial charge in [-0.1, -0.05) is 0 Å². The molecule has 0 spiro atoms. The van der Waals surface area contributed by atoms with Gasteiger partial charge in [-0.15, -0.1) is 0 Å². The molecule has 1 N–H and O–H groups in total. The van der Waals surface area contributed by atoms with Crippen molar-refractivity contribution in [2.45, 2.75) is 4.90 Å². The lowest BCUT2D eigenvalue weighted by Crippen LogP contribution is -2.25. The standard InChI is InChI=1S/C20H22N8O4S/c1-25(2)9-7-22-18-5-4-17(28(29)30)11-20(18)33(31,32)26(3)23-13-16-14-24-27-8-6-15(12-21)10-19(16)27/h4-6,8,10-11,13-14,22H,7,9H2,1-3H3/b23-13-. The number of likely N-dealkylation sites (N-methyl/N-ethyl adjacent to an activating group) is 1. The number of hydrazone groups is 1. The molecule has 0 bridgehead atoms. The molecule has 13 heteroatoms. The minimum atomic E-state index is -4.22. The number of benzene rings is 1. The molecule has 3 rings (SSSR count). The molecule has 12 nitrogen and oxygen atoms in total. The summed E-state index contributed by atoms with van der Waals surface area (Å²) in [6.45, 7) is 1.06. The Hall–Kier alpha value is -4.02. The van der Waals surface area contributed by atoms with E-state index in [1.807, 2.05) is 25.1 Å². The number of pyridine rings is 1. The largest absolute Gasteiger partial charge is 0.383 e. The number of nitriles is 1. The molecular formula is C20H22N8O4S. The van der Waals surface area contributed by atoms with Gasteiger partial charge in [-0.25, -0.2) is 4.52 Å². The number of aromatic nitrogens is 2. The summed E-state index contributed by atoms with van der Waals surface area (Å²) in [5.74, 6) is 0. The molecule has 2 heterocycles. The van der Waals surface area contributed by atoms with Gasteiger partial charge in [-0.2, -0.15) is 28.3 Å². The van der Waals surface area contributed by atoms with Crippen LogP contribution in [0.5, 0.6) is 0 Å². The Kier molecular flexibility index (Phi) is 6.90. The third-order valence-corrected chi connectivity index (χ3v) is 6.40. The van der Waals surface area contributed by atoms with Crippen LogP contribution in [0, 0.1) is 21.4 Å². The van der Waals surface area contributed by atoms with Crippen LogP contribution in [-0.2, 0) is 10.0 Å². The molecule has 0 aliphatic heterocycles. The van der Waals surface area contributed by atoms with Gasteiger partial charge < -0.3 is 10.2 Å². The monoisotopic (exact) mass is 470 g/mol. The topological polar surface area (TPSA) is 149 Å². The van der Waals surface area contributed by atoms with E-state index in [0.717, 1.165) is 10.5 Å². The molecule has 1 aromatic carbocycles. The molecule has 0 aliphatic rings. The van der Waals surface area contributed by atoms with Crippen molar-refractivity contribution < 1.29 is 13.3 Å². The Balaban J connectivity index is 1.94. The highest BCUT2D eigenvalue weighted by Crippen LogP contribution is 2.28. The molecule has 0 radical (unpaired) electrons. The lowest BCUT2D eigenvalue weighted by Gasteiger charge is -2.18. The zero-order valence-corrected chi connectivity index (χ0v) is 19.0. The molecule has 33 heavy (non-hydrogen) atoms. The van der Waals surface area contributed by atoms with Crippen LogP contribution in [0.2, 0.25) is 0 Å². The maximum absolute atomic E-state index is 13.2. The van der Waals surface area contributed by atoms with Crippen LogP contribution in [0.25, 0.3) is 5.52 Å². The summed E-state index contributed by atoms with van der Waals surface area (Å²) in [7, 11) is 0.762. The highest BCUT2D eigenvalue weighted by molar-refractivity contribution is 7.89. The quantitative estimate of drug-likeness (QED) is 0.282. The van der Waals surface area contributed by atoms with E-state index in [2.05, 4.69) is 15.5 Å². The summed E-state index contributed by atoms with van der Waals surface area (Å²) in [6, 6.07) is 8.86. The first-order valence-corrected chi connectivity index (χ1v) is 11.1. The zero-order valence-electron chi connectivity index (χ0n) is 18.2. The molecule has 0 aliphatic carbocycles. The van der Waals surface area contributed by atoms with Crippen molar-refractivity contribution in [3.63, 3.8) is 0 Å². The molecule has 0 saturated heterocycles. The number of hydrogen-bond acceptors (Lipinski definition) is 9. The Morgan fingerprint density at radius 2 is 2.06 bits per heavy atom. The Bertz CT molecular complexity index is 1360. The lowest BCUT2D eigenvalue weighted by molar-refractivity contribution is -0.385. The van der Waals surface area contributed by atoms with E-state index in [-0.39, 0.29) is 16.3 Å². The fraction of sp³-hybridized carbons (Fsp3) is 0.250. The molecule has 172 valence electrons. The first kappa shape index (κ1) is 23.6. The molecule has 0 amide bonds. The maximum Gasteiger partial charge on any atom is 0.281 e. The first-order chi connectivity index (χ1) is 15.6. The second kappa shape index (κ2) is 9.63. The highest BCUT2D eigenvalue weighted by Gasteiger charge is 2.26. The summed E-state index contributed by atoms with van der Waals surface area (Å²) < 4.78 is 28.7. The lowest BCUT2D eigenvalue weighted by atomic mass is 10.2. The number of rotatable bonds is 9. The molecular weight excluding hydrogens is 448 g/mol. The van der Waals surface area contributed by atoms with Crippen molar-refractivity contribution in [1.82, 2.24) is 18.9 Å². The summed E-state index contributed by atoms with van der Waals surface area (Å²) in [5, 5.41) is 31.5. The van der Waals surface area contributed by atoms with Gasteiger partial charge in [0.05, 0.1) is 40.2 Å². The molecule has 0 atom stereocenters. The van der Waals surface area contributed by atoms with E-state index in [1.54, 1.807) is 18.3 Å². The third-order valence-electron chi connectivity index (χ3n) is 4.72. The molecule has 0 unspecified atom stereocenters. The highest BCUT2D eigenvalue weighted by atomic mass is 32.2. The predicted octanol–water partition coefficient (Wildman–Crippen LogP) is 1.74. The van der Waals surface area contributed by atoms with E-state index < -0.39 is 14.9 Å². The Morgan fingerprint density at radius 3 is 2.73 bits per heavy atom. The number of nitro benzene ring substituents is 1. The van der Waals surface area contributed by atoms with Gasteiger partial charge >= 0.3 is 0 Å². The molecule has 2 aromatic heterocycles. The average molecular weight is 471 g/mol. The van der Waals surface area contributed by atoms with Gasteiger partial charge in [0.2, 0.25) is 0 Å². The predicted molar refractivity (Wildman–Crippen MR) is 123 cm³/mol. The number of nitrogens with one attached hydrogen (secondary N) is 1. The van der Waals surface area contributed by atoms with E-state index >= 15 is 0 Å². The number of anilines is 1. The van der Waals surface area contributed by atoms with Crippen molar-refractivity contribution in [3.8, 4) is 6.07 Å². The van der Waals surface area contributed by atoms with Crippen LogP contribution in [-0.4, -0.2) is 72.7 Å². The number of non-ortho nitro benzene ring substituents is 1. The SMILES string of the molecule is CN(C)CCNc1ccc([N+](=O)[O-])cc1S(=O)(=O)N(C)/N=C\c1cnn2ccc(C#N)cc12. The Morgan fingerprint density at radius 1 is 1.30 bits per heavy atom. The fourth-order valence-corrected chi connectivity index (χ4v) is 4.06. The summed E-state index contributed by atoms with van der Waals surface area (Å²) in [4.78, 5) is 12.2. The normalized spacial score (nSPS) is 11.7. The van der Waals surface area contributed by atoms with Gasteiger partial charge in [-0.05, 0) is 32.3 Å². The van der Waals surface area contributed by atoms with Crippen molar-refractivity contribution in [2.24, 2.45) is 5.10 Å². The minimum absolute atomic E-state index is 0.235. The van der Waals surface area contributed by atoms with Gasteiger partial charge in [0.25, 0.3) is 15.7 Å². The molecule has 3 aromatic rings. The average Bonchev–Trinajstić information content (AvgIpc) is 3.19. The van der Waals surface area contributed by atoms with Gasteiger partial charge in [0.1, 0.15) is 4.90 Å². The number of sulfonamides is 1. The summed E-state index contributed by atoms with van der Waals surface area (Å²) in [6.07, 6.45) is 4.40. The van der Waals surface area contributed by atoms with Crippen molar-refractivity contribution >= 4 is 33.1 Å².